The summed E-state index contributed by atoms with van der Waals surface area (Å²) in [5.74, 6) is 1.12. The number of carbonyl (C=O) groups excluding carboxylic acids is 2. The number of amides is 1. The van der Waals surface area contributed by atoms with Crippen LogP contribution in [0, 0.1) is 0 Å². The van der Waals surface area contributed by atoms with Gasteiger partial charge < -0.3 is 23.7 Å². The molecule has 0 N–H and O–H groups in total. The van der Waals surface area contributed by atoms with Gasteiger partial charge in [-0.25, -0.2) is 19.8 Å². The number of methoxy groups -OCH3 is 1. The topological polar surface area (TPSA) is 119 Å². The fourth-order valence-corrected chi connectivity index (χ4v) is 4.65. The molecule has 4 aromatic rings. The van der Waals surface area contributed by atoms with Gasteiger partial charge in [0.05, 0.1) is 30.8 Å². The number of hydrogen-bond donors (Lipinski definition) is 0. The highest BCUT2D eigenvalue weighted by atomic mass is 35.5. The number of ether oxygens (including phenoxy) is 5. The maximum atomic E-state index is 12.6. The molecule has 0 saturated carbocycles. The molecular weight excluding hydrogens is 730 g/mol. The van der Waals surface area contributed by atoms with Crippen molar-refractivity contribution in [3.8, 4) is 34.8 Å². The van der Waals surface area contributed by atoms with Crippen LogP contribution in [-0.4, -0.2) is 59.4 Å². The zero-order valence-electron chi connectivity index (χ0n) is 26.6. The summed E-state index contributed by atoms with van der Waals surface area (Å²) in [6.07, 6.45) is -3.04. The van der Waals surface area contributed by atoms with E-state index in [9.17, 15) is 22.8 Å². The normalized spacial score (nSPS) is 13.7. The minimum absolute atomic E-state index is 0.161. The largest absolute Gasteiger partial charge is 0.481 e. The lowest BCUT2D eigenvalue weighted by Gasteiger charge is -2.20. The van der Waals surface area contributed by atoms with Crippen LogP contribution >= 0.6 is 34.8 Å². The molecule has 11 nitrogen and oxygen atoms in total. The third kappa shape index (κ3) is 11.0. The molecule has 0 aliphatic carbocycles. The number of hydrogen-bond acceptors (Lipinski definition) is 10. The Balaban J connectivity index is 0.000000225. The summed E-state index contributed by atoms with van der Waals surface area (Å²) in [7, 11) is 1.25. The van der Waals surface area contributed by atoms with Crippen LogP contribution in [0.2, 0.25) is 15.1 Å². The number of hydroxylamine groups is 2. The summed E-state index contributed by atoms with van der Waals surface area (Å²) < 4.78 is 64.2. The molecule has 3 heterocycles. The molecule has 1 amide bonds. The van der Waals surface area contributed by atoms with E-state index in [-0.39, 0.29) is 28.4 Å². The zero-order chi connectivity index (χ0) is 36.4. The maximum absolute atomic E-state index is 12.6. The second kappa shape index (κ2) is 17.4. The van der Waals surface area contributed by atoms with Gasteiger partial charge in [-0.2, -0.15) is 13.2 Å². The van der Waals surface area contributed by atoms with Gasteiger partial charge in [0.25, 0.3) is 5.91 Å². The number of carbonyl (C=O) groups is 2. The smallest absolute Gasteiger partial charge is 0.417 e. The Morgan fingerprint density at radius 1 is 0.800 bits per heavy atom. The van der Waals surface area contributed by atoms with Crippen molar-refractivity contribution in [1.82, 2.24) is 15.0 Å². The average Bonchev–Trinajstić information content (AvgIpc) is 3.63. The Labute approximate surface area is 299 Å². The number of esters is 1. The van der Waals surface area contributed by atoms with E-state index in [0.717, 1.165) is 12.5 Å². The Hall–Kier alpha value is -4.50. The molecule has 1 fully saturated rings. The third-order valence-electron chi connectivity index (χ3n) is 6.49. The van der Waals surface area contributed by atoms with Crippen LogP contribution in [0.1, 0.15) is 25.8 Å². The van der Waals surface area contributed by atoms with Crippen molar-refractivity contribution in [2.24, 2.45) is 0 Å². The molecule has 17 heteroatoms. The number of rotatable bonds is 10. The van der Waals surface area contributed by atoms with Crippen LogP contribution in [0.5, 0.6) is 34.8 Å². The van der Waals surface area contributed by atoms with Crippen LogP contribution in [-0.2, 0) is 25.3 Å². The van der Waals surface area contributed by atoms with Gasteiger partial charge in [-0.3, -0.25) is 9.63 Å². The van der Waals surface area contributed by atoms with Gasteiger partial charge >= 0.3 is 12.1 Å². The van der Waals surface area contributed by atoms with Crippen molar-refractivity contribution in [2.45, 2.75) is 38.7 Å². The highest BCUT2D eigenvalue weighted by Gasteiger charge is 2.32. The molecule has 5 rings (SSSR count). The minimum atomic E-state index is -4.54. The standard InChI is InChI=1S/C17H16Cl2N2O4.C16H13ClF3NO4/c1-11(17(22)21-7-2-8-23-21)24-13-3-5-14(6-4-13)25-16-15(19)9-12(18)10-20-16;1-9(15(22)23-2)24-11-3-5-12(6-4-11)25-14-13(17)7-10(8-21-14)16(18,19)20/h3-6,9-11H,2,7-8H2,1H3;3-9H,1-2H3/t;9-/m.1/s1. The Morgan fingerprint density at radius 2 is 1.30 bits per heavy atom. The lowest BCUT2D eigenvalue weighted by molar-refractivity contribution is -0.175. The lowest BCUT2D eigenvalue weighted by atomic mass is 10.3. The maximum Gasteiger partial charge on any atom is 0.417 e. The summed E-state index contributed by atoms with van der Waals surface area (Å²) in [5, 5.41) is 1.82. The average molecular weight is 759 g/mol. The third-order valence-corrected chi connectivity index (χ3v) is 7.24. The number of benzene rings is 2. The summed E-state index contributed by atoms with van der Waals surface area (Å²) >= 11 is 17.6. The summed E-state index contributed by atoms with van der Waals surface area (Å²) in [6, 6.07) is 15.1. The van der Waals surface area contributed by atoms with Gasteiger partial charge in [0.15, 0.2) is 12.2 Å². The van der Waals surface area contributed by atoms with Crippen molar-refractivity contribution in [3.05, 3.63) is 93.7 Å². The van der Waals surface area contributed by atoms with Gasteiger partial charge in [0.1, 0.15) is 33.0 Å². The van der Waals surface area contributed by atoms with Gasteiger partial charge in [0.2, 0.25) is 11.8 Å². The Morgan fingerprint density at radius 3 is 1.76 bits per heavy atom. The molecule has 1 aliphatic rings. The van der Waals surface area contributed by atoms with E-state index in [1.807, 2.05) is 0 Å². The van der Waals surface area contributed by atoms with Crippen molar-refractivity contribution in [2.75, 3.05) is 20.3 Å². The molecular formula is C33H29Cl3F3N3O8. The molecule has 2 aromatic heterocycles. The molecule has 1 saturated heterocycles. The first-order chi connectivity index (χ1) is 23.7. The molecule has 2 atom stereocenters. The molecule has 0 bridgehead atoms. The van der Waals surface area contributed by atoms with E-state index in [0.29, 0.717) is 46.6 Å². The van der Waals surface area contributed by atoms with Gasteiger partial charge in [-0.15, -0.1) is 0 Å². The number of aromatic nitrogens is 2. The first kappa shape index (κ1) is 38.3. The predicted molar refractivity (Wildman–Crippen MR) is 176 cm³/mol. The monoisotopic (exact) mass is 757 g/mol. The first-order valence-electron chi connectivity index (χ1n) is 14.7. The molecule has 0 radical (unpaired) electrons. The second-order valence-corrected chi connectivity index (χ2v) is 11.5. The van der Waals surface area contributed by atoms with E-state index in [1.165, 1.54) is 49.6 Å². The van der Waals surface area contributed by atoms with E-state index < -0.39 is 29.9 Å². The number of nitrogens with zero attached hydrogens (tertiary/aromatic N) is 3. The van der Waals surface area contributed by atoms with E-state index >= 15 is 0 Å². The molecule has 266 valence electrons. The zero-order valence-corrected chi connectivity index (χ0v) is 28.8. The van der Waals surface area contributed by atoms with Crippen LogP contribution in [0.25, 0.3) is 0 Å². The minimum Gasteiger partial charge on any atom is -0.481 e. The Bertz CT molecular complexity index is 1760. The Kier molecular flexibility index (Phi) is 13.4. The fourth-order valence-electron chi connectivity index (χ4n) is 4.03. The van der Waals surface area contributed by atoms with Crippen LogP contribution in [0.3, 0.4) is 0 Å². The summed E-state index contributed by atoms with van der Waals surface area (Å²) in [6.45, 7) is 4.37. The molecule has 0 spiro atoms. The summed E-state index contributed by atoms with van der Waals surface area (Å²) in [5.41, 5.74) is -0.967. The highest BCUT2D eigenvalue weighted by Crippen LogP contribution is 2.35. The van der Waals surface area contributed by atoms with Crippen LogP contribution in [0.4, 0.5) is 13.2 Å². The van der Waals surface area contributed by atoms with E-state index in [4.69, 9.17) is 58.6 Å². The number of halogens is 6. The fraction of sp³-hybridized carbons (Fsp3) is 0.273. The van der Waals surface area contributed by atoms with Gasteiger partial charge in [-0.1, -0.05) is 34.8 Å². The van der Waals surface area contributed by atoms with E-state index in [2.05, 4.69) is 14.7 Å². The second-order valence-electron chi connectivity index (χ2n) is 10.3. The van der Waals surface area contributed by atoms with Gasteiger partial charge in [-0.05, 0) is 80.9 Å². The molecule has 1 aliphatic heterocycles. The molecule has 1 unspecified atom stereocenters. The molecule has 50 heavy (non-hydrogen) atoms. The van der Waals surface area contributed by atoms with Crippen molar-refractivity contribution in [3.63, 3.8) is 0 Å². The lowest BCUT2D eigenvalue weighted by Crippen LogP contribution is -2.37. The predicted octanol–water partition coefficient (Wildman–Crippen LogP) is 8.60. The van der Waals surface area contributed by atoms with Crippen molar-refractivity contribution in [1.29, 1.82) is 0 Å². The quantitative estimate of drug-likeness (QED) is 0.146. The first-order valence-corrected chi connectivity index (χ1v) is 15.8. The molecule has 2 aromatic carbocycles. The number of pyridine rings is 2. The van der Waals surface area contributed by atoms with Crippen LogP contribution in [0.15, 0.2) is 73.1 Å². The van der Waals surface area contributed by atoms with Crippen molar-refractivity contribution >= 4 is 46.7 Å². The number of alkyl halides is 3. The van der Waals surface area contributed by atoms with Gasteiger partial charge in [0, 0.05) is 12.4 Å². The SMILES string of the molecule is CC(Oc1ccc(Oc2ncc(Cl)cc2Cl)cc1)C(=O)N1CCCO1.COC(=O)[C@@H](C)Oc1ccc(Oc2ncc(C(F)(F)F)cc2Cl)cc1. The van der Waals surface area contributed by atoms with Crippen molar-refractivity contribution < 1.29 is 51.3 Å². The summed E-state index contributed by atoms with van der Waals surface area (Å²) in [4.78, 5) is 36.3. The van der Waals surface area contributed by atoms with E-state index in [1.54, 1.807) is 37.3 Å². The van der Waals surface area contributed by atoms with Crippen LogP contribution < -0.4 is 18.9 Å². The highest BCUT2D eigenvalue weighted by molar-refractivity contribution is 6.35.